The first-order valence-corrected chi connectivity index (χ1v) is 12.1. The molecule has 0 aromatic heterocycles. The predicted octanol–water partition coefficient (Wildman–Crippen LogP) is 6.34. The molecule has 0 spiro atoms. The van der Waals surface area contributed by atoms with Crippen molar-refractivity contribution in [2.24, 2.45) is 0 Å². The normalized spacial score (nSPS) is 14.9. The number of hydrogen-bond donors (Lipinski definition) is 0. The summed E-state index contributed by atoms with van der Waals surface area (Å²) >= 11 is 0. The van der Waals surface area contributed by atoms with Gasteiger partial charge in [0.05, 0.1) is 19.6 Å². The highest BCUT2D eigenvalue weighted by molar-refractivity contribution is 5.99. The van der Waals surface area contributed by atoms with Crippen molar-refractivity contribution in [3.05, 3.63) is 88.0 Å². The molecule has 0 N–H and O–H groups in total. The largest absolute Gasteiger partial charge is 0.497 e. The van der Waals surface area contributed by atoms with E-state index in [4.69, 9.17) is 4.74 Å². The van der Waals surface area contributed by atoms with Gasteiger partial charge < -0.3 is 14.5 Å². The maximum Gasteiger partial charge on any atom is 0.234 e. The second kappa shape index (κ2) is 9.92. The number of benzene rings is 3. The number of ether oxygens (including phenoxy) is 1. The van der Waals surface area contributed by atoms with E-state index in [1.165, 1.54) is 11.1 Å². The van der Waals surface area contributed by atoms with Crippen LogP contribution in [0.5, 0.6) is 5.75 Å². The molecule has 1 aliphatic rings. The molecule has 0 aliphatic heterocycles. The standard InChI is InChI=1S/C30H36N2O2/c1-20-16-21(2)29(22(3)17-20)32(19-23-10-13-25(14-11-23)31(4)5)30(33)27-9-7-8-24-12-15-26(34-6)18-28(24)27/h10-18,27H,7-9,19H2,1-6H3. The number of amides is 1. The van der Waals surface area contributed by atoms with Gasteiger partial charge in [-0.15, -0.1) is 0 Å². The maximum atomic E-state index is 14.3. The second-order valence-electron chi connectivity index (χ2n) is 9.74. The fourth-order valence-corrected chi connectivity index (χ4v) is 5.30. The van der Waals surface area contributed by atoms with E-state index in [9.17, 15) is 4.79 Å². The molecule has 3 aromatic rings. The second-order valence-corrected chi connectivity index (χ2v) is 9.74. The molecule has 4 nitrogen and oxygen atoms in total. The number of carbonyl (C=O) groups is 1. The van der Waals surface area contributed by atoms with Crippen LogP contribution in [0, 0.1) is 20.8 Å². The molecule has 0 heterocycles. The van der Waals surface area contributed by atoms with Crippen LogP contribution in [0.15, 0.2) is 54.6 Å². The molecule has 0 radical (unpaired) electrons. The Morgan fingerprint density at radius 1 is 0.971 bits per heavy atom. The van der Waals surface area contributed by atoms with E-state index in [0.29, 0.717) is 6.54 Å². The number of hydrogen-bond acceptors (Lipinski definition) is 3. The van der Waals surface area contributed by atoms with Crippen LogP contribution >= 0.6 is 0 Å². The van der Waals surface area contributed by atoms with E-state index in [2.05, 4.69) is 74.2 Å². The zero-order valence-electron chi connectivity index (χ0n) is 21.3. The number of anilines is 2. The first-order valence-electron chi connectivity index (χ1n) is 12.1. The van der Waals surface area contributed by atoms with Crippen molar-refractivity contribution in [3.63, 3.8) is 0 Å². The van der Waals surface area contributed by atoms with Crippen LogP contribution in [0.1, 0.15) is 52.1 Å². The molecule has 0 saturated carbocycles. The van der Waals surface area contributed by atoms with E-state index in [-0.39, 0.29) is 11.8 Å². The molecule has 1 unspecified atom stereocenters. The molecule has 1 atom stereocenters. The molecule has 1 aliphatic carbocycles. The van der Waals surface area contributed by atoms with Crippen LogP contribution in [0.25, 0.3) is 0 Å². The fourth-order valence-electron chi connectivity index (χ4n) is 5.30. The van der Waals surface area contributed by atoms with Crippen LogP contribution < -0.4 is 14.5 Å². The third-order valence-corrected chi connectivity index (χ3v) is 6.93. The van der Waals surface area contributed by atoms with Gasteiger partial charge in [0.2, 0.25) is 5.91 Å². The molecular weight excluding hydrogens is 420 g/mol. The minimum absolute atomic E-state index is 0.167. The number of rotatable bonds is 6. The summed E-state index contributed by atoms with van der Waals surface area (Å²) in [6.07, 6.45) is 2.89. The van der Waals surface area contributed by atoms with Crippen molar-refractivity contribution < 1.29 is 9.53 Å². The Morgan fingerprint density at radius 3 is 2.26 bits per heavy atom. The number of methoxy groups -OCH3 is 1. The van der Waals surface area contributed by atoms with Crippen LogP contribution in [0.3, 0.4) is 0 Å². The molecule has 0 bridgehead atoms. The Morgan fingerprint density at radius 2 is 1.65 bits per heavy atom. The van der Waals surface area contributed by atoms with Gasteiger partial charge in [-0.1, -0.05) is 35.9 Å². The van der Waals surface area contributed by atoms with E-state index in [1.54, 1.807) is 7.11 Å². The summed E-state index contributed by atoms with van der Waals surface area (Å²) in [4.78, 5) is 18.4. The highest BCUT2D eigenvalue weighted by atomic mass is 16.5. The zero-order valence-corrected chi connectivity index (χ0v) is 21.3. The molecule has 0 saturated heterocycles. The number of carbonyl (C=O) groups excluding carboxylic acids is 1. The number of fused-ring (bicyclic) bond motifs is 1. The Hall–Kier alpha value is -3.27. The van der Waals surface area contributed by atoms with Crippen molar-refractivity contribution in [2.45, 2.75) is 52.5 Å². The van der Waals surface area contributed by atoms with Crippen molar-refractivity contribution in [3.8, 4) is 5.75 Å². The lowest BCUT2D eigenvalue weighted by Gasteiger charge is -2.33. The molecule has 178 valence electrons. The highest BCUT2D eigenvalue weighted by Gasteiger charge is 2.32. The Kier molecular flexibility index (Phi) is 6.97. The van der Waals surface area contributed by atoms with Crippen LogP contribution in [-0.2, 0) is 17.8 Å². The van der Waals surface area contributed by atoms with Gasteiger partial charge in [-0.25, -0.2) is 0 Å². The third-order valence-electron chi connectivity index (χ3n) is 6.93. The van der Waals surface area contributed by atoms with Gasteiger partial charge in [-0.3, -0.25) is 4.79 Å². The van der Waals surface area contributed by atoms with Gasteiger partial charge in [-0.2, -0.15) is 0 Å². The first kappa shape index (κ1) is 23.9. The Labute approximate surface area is 204 Å². The van der Waals surface area contributed by atoms with Gasteiger partial charge >= 0.3 is 0 Å². The maximum absolute atomic E-state index is 14.3. The molecule has 34 heavy (non-hydrogen) atoms. The van der Waals surface area contributed by atoms with E-state index >= 15 is 0 Å². The predicted molar refractivity (Wildman–Crippen MR) is 141 cm³/mol. The van der Waals surface area contributed by atoms with Gasteiger partial charge in [0, 0.05) is 25.5 Å². The van der Waals surface area contributed by atoms with Gasteiger partial charge in [0.1, 0.15) is 5.75 Å². The molecular formula is C30H36N2O2. The molecule has 0 fully saturated rings. The third kappa shape index (κ3) is 4.82. The molecule has 4 heteroatoms. The summed E-state index contributed by atoms with van der Waals surface area (Å²) < 4.78 is 5.50. The minimum atomic E-state index is -0.167. The van der Waals surface area contributed by atoms with Crippen molar-refractivity contribution >= 4 is 17.3 Å². The van der Waals surface area contributed by atoms with E-state index in [0.717, 1.165) is 58.6 Å². The molecule has 1 amide bonds. The number of nitrogens with zero attached hydrogens (tertiary/aromatic N) is 2. The summed E-state index contributed by atoms with van der Waals surface area (Å²) in [5.41, 5.74) is 9.17. The van der Waals surface area contributed by atoms with Crippen LogP contribution in [0.4, 0.5) is 11.4 Å². The highest BCUT2D eigenvalue weighted by Crippen LogP contribution is 2.38. The van der Waals surface area contributed by atoms with Crippen molar-refractivity contribution in [2.75, 3.05) is 31.0 Å². The summed E-state index contributed by atoms with van der Waals surface area (Å²) in [5.74, 6) is 0.813. The summed E-state index contributed by atoms with van der Waals surface area (Å²) in [6, 6.07) is 19.0. The quantitative estimate of drug-likeness (QED) is 0.434. The Bertz CT molecular complexity index is 1160. The van der Waals surface area contributed by atoms with Crippen LogP contribution in [-0.4, -0.2) is 27.1 Å². The van der Waals surface area contributed by atoms with Crippen molar-refractivity contribution in [1.82, 2.24) is 0 Å². The summed E-state index contributed by atoms with van der Waals surface area (Å²) in [6.45, 7) is 6.89. The van der Waals surface area contributed by atoms with Gasteiger partial charge in [0.25, 0.3) is 0 Å². The smallest absolute Gasteiger partial charge is 0.234 e. The molecule has 4 rings (SSSR count). The lowest BCUT2D eigenvalue weighted by molar-refractivity contribution is -0.120. The Balaban J connectivity index is 1.77. The lowest BCUT2D eigenvalue weighted by atomic mass is 9.81. The lowest BCUT2D eigenvalue weighted by Crippen LogP contribution is -2.37. The zero-order chi connectivity index (χ0) is 24.4. The van der Waals surface area contributed by atoms with Gasteiger partial charge in [0.15, 0.2) is 0 Å². The first-order chi connectivity index (χ1) is 16.3. The topological polar surface area (TPSA) is 32.8 Å². The van der Waals surface area contributed by atoms with E-state index in [1.807, 2.05) is 25.1 Å². The minimum Gasteiger partial charge on any atom is -0.497 e. The average Bonchev–Trinajstić information content (AvgIpc) is 2.82. The fraction of sp³-hybridized carbons (Fsp3) is 0.367. The molecule has 3 aromatic carbocycles. The monoisotopic (exact) mass is 456 g/mol. The summed E-state index contributed by atoms with van der Waals surface area (Å²) in [5, 5.41) is 0. The number of aryl methyl sites for hydroxylation is 4. The van der Waals surface area contributed by atoms with E-state index < -0.39 is 0 Å². The average molecular weight is 457 g/mol. The SMILES string of the molecule is COc1ccc2c(c1)C(C(=O)N(Cc1ccc(N(C)C)cc1)c1c(C)cc(C)cc1C)CCC2. The van der Waals surface area contributed by atoms with Crippen molar-refractivity contribution in [1.29, 1.82) is 0 Å². The van der Waals surface area contributed by atoms with Gasteiger partial charge in [-0.05, 0) is 92.1 Å². The summed E-state index contributed by atoms with van der Waals surface area (Å²) in [7, 11) is 5.77. The van der Waals surface area contributed by atoms with Crippen LogP contribution in [0.2, 0.25) is 0 Å².